The summed E-state index contributed by atoms with van der Waals surface area (Å²) in [6.45, 7) is 8.37. The van der Waals surface area contributed by atoms with Crippen LogP contribution in [0.25, 0.3) is 0 Å². The van der Waals surface area contributed by atoms with Crippen LogP contribution in [0.1, 0.15) is 33.1 Å². The maximum Gasteiger partial charge on any atom is 0.193 e. The Bertz CT molecular complexity index is 327. The van der Waals surface area contributed by atoms with Crippen LogP contribution in [0.4, 0.5) is 0 Å². The van der Waals surface area contributed by atoms with Crippen LogP contribution >= 0.6 is 0 Å². The highest BCUT2D eigenvalue weighted by Crippen LogP contribution is 2.14. The predicted octanol–water partition coefficient (Wildman–Crippen LogP) is 1.50. The van der Waals surface area contributed by atoms with Crippen LogP contribution in [0.2, 0.25) is 0 Å². The monoisotopic (exact) mass is 315 g/mol. The molecule has 1 N–H and O–H groups in total. The Balaban J connectivity index is 2.29. The molecule has 1 fully saturated rings. The number of nitrogens with zero attached hydrogens (tertiary/aromatic N) is 2. The maximum absolute atomic E-state index is 5.89. The Morgan fingerprint density at radius 2 is 1.91 bits per heavy atom. The standard InChI is InChI=1S/C16H33N3O3/c1-16(2,21-5)13-18-15(17-3)19-9-7-14(8-10-19)22-12-6-11-20-4/h14H,6-13H2,1-5H3,(H,17,18). The van der Waals surface area contributed by atoms with Crippen molar-refractivity contribution in [1.29, 1.82) is 0 Å². The van der Waals surface area contributed by atoms with E-state index in [2.05, 4.69) is 29.1 Å². The molecule has 1 aliphatic heterocycles. The van der Waals surface area contributed by atoms with Crippen molar-refractivity contribution in [1.82, 2.24) is 10.2 Å². The second kappa shape index (κ2) is 10.0. The van der Waals surface area contributed by atoms with Crippen molar-refractivity contribution in [3.63, 3.8) is 0 Å². The zero-order chi connectivity index (χ0) is 16.4. The van der Waals surface area contributed by atoms with Gasteiger partial charge in [-0.1, -0.05) is 0 Å². The summed E-state index contributed by atoms with van der Waals surface area (Å²) in [5, 5.41) is 3.40. The summed E-state index contributed by atoms with van der Waals surface area (Å²) < 4.78 is 16.4. The van der Waals surface area contributed by atoms with Gasteiger partial charge in [0.05, 0.1) is 11.7 Å². The smallest absolute Gasteiger partial charge is 0.193 e. The van der Waals surface area contributed by atoms with E-state index in [1.54, 1.807) is 14.2 Å². The van der Waals surface area contributed by atoms with Crippen molar-refractivity contribution >= 4 is 5.96 Å². The largest absolute Gasteiger partial charge is 0.385 e. The van der Waals surface area contributed by atoms with Gasteiger partial charge in [0, 0.05) is 54.1 Å². The molecule has 1 heterocycles. The molecule has 6 heteroatoms. The minimum absolute atomic E-state index is 0.196. The molecular weight excluding hydrogens is 282 g/mol. The van der Waals surface area contributed by atoms with Crippen LogP contribution in [0, 0.1) is 0 Å². The molecular formula is C16H33N3O3. The lowest BCUT2D eigenvalue weighted by Gasteiger charge is -2.35. The predicted molar refractivity (Wildman–Crippen MR) is 89.5 cm³/mol. The molecule has 0 radical (unpaired) electrons. The second-order valence-corrected chi connectivity index (χ2v) is 6.27. The fraction of sp³-hybridized carbons (Fsp3) is 0.938. The van der Waals surface area contributed by atoms with E-state index in [-0.39, 0.29) is 5.60 Å². The molecule has 0 atom stereocenters. The van der Waals surface area contributed by atoms with Crippen LogP contribution in [0.15, 0.2) is 4.99 Å². The van der Waals surface area contributed by atoms with E-state index >= 15 is 0 Å². The highest BCUT2D eigenvalue weighted by atomic mass is 16.5. The summed E-state index contributed by atoms with van der Waals surface area (Å²) in [6, 6.07) is 0. The van der Waals surface area contributed by atoms with Gasteiger partial charge in [-0.25, -0.2) is 0 Å². The van der Waals surface area contributed by atoms with Gasteiger partial charge in [0.15, 0.2) is 5.96 Å². The van der Waals surface area contributed by atoms with E-state index in [0.717, 1.165) is 58.1 Å². The van der Waals surface area contributed by atoms with E-state index in [0.29, 0.717) is 6.10 Å². The molecule has 0 aromatic carbocycles. The van der Waals surface area contributed by atoms with Crippen LogP contribution < -0.4 is 5.32 Å². The van der Waals surface area contributed by atoms with Gasteiger partial charge < -0.3 is 24.4 Å². The SMILES string of the molecule is CN=C(NCC(C)(C)OC)N1CCC(OCCCOC)CC1. The molecule has 0 spiro atoms. The fourth-order valence-corrected chi connectivity index (χ4v) is 2.38. The normalized spacial score (nSPS) is 17.9. The van der Waals surface area contributed by atoms with Crippen molar-refractivity contribution < 1.29 is 14.2 Å². The third-order valence-electron chi connectivity index (χ3n) is 4.02. The molecule has 6 nitrogen and oxygen atoms in total. The third kappa shape index (κ3) is 6.94. The lowest BCUT2D eigenvalue weighted by atomic mass is 10.1. The summed E-state index contributed by atoms with van der Waals surface area (Å²) in [7, 11) is 5.29. The summed E-state index contributed by atoms with van der Waals surface area (Å²) in [5.41, 5.74) is -0.196. The Kier molecular flexibility index (Phi) is 8.75. The van der Waals surface area contributed by atoms with Crippen LogP contribution in [-0.2, 0) is 14.2 Å². The van der Waals surface area contributed by atoms with Gasteiger partial charge in [0.2, 0.25) is 0 Å². The number of piperidine rings is 1. The Morgan fingerprint density at radius 1 is 1.23 bits per heavy atom. The minimum atomic E-state index is -0.196. The zero-order valence-electron chi connectivity index (χ0n) is 14.9. The molecule has 0 unspecified atom stereocenters. The molecule has 1 saturated heterocycles. The number of hydrogen-bond donors (Lipinski definition) is 1. The molecule has 0 amide bonds. The molecule has 0 aromatic rings. The average Bonchev–Trinajstić information content (AvgIpc) is 2.53. The molecule has 22 heavy (non-hydrogen) atoms. The summed E-state index contributed by atoms with van der Waals surface area (Å²) >= 11 is 0. The van der Waals surface area contributed by atoms with E-state index in [1.807, 2.05) is 7.05 Å². The lowest BCUT2D eigenvalue weighted by molar-refractivity contribution is 0.00863. The summed E-state index contributed by atoms with van der Waals surface area (Å²) in [4.78, 5) is 6.67. The number of ether oxygens (including phenoxy) is 3. The van der Waals surface area contributed by atoms with Gasteiger partial charge in [0.1, 0.15) is 0 Å². The van der Waals surface area contributed by atoms with Gasteiger partial charge in [-0.15, -0.1) is 0 Å². The maximum atomic E-state index is 5.89. The lowest BCUT2D eigenvalue weighted by Crippen LogP contribution is -2.50. The molecule has 0 saturated carbocycles. The zero-order valence-corrected chi connectivity index (χ0v) is 14.9. The summed E-state index contributed by atoms with van der Waals surface area (Å²) in [6.07, 6.45) is 3.41. The van der Waals surface area contributed by atoms with Crippen LogP contribution in [-0.4, -0.2) is 76.7 Å². The molecule has 0 aromatic heterocycles. The molecule has 1 aliphatic rings. The average molecular weight is 315 g/mol. The van der Waals surface area contributed by atoms with Gasteiger partial charge in [-0.3, -0.25) is 4.99 Å². The number of aliphatic imine (C=N–C) groups is 1. The van der Waals surface area contributed by atoms with Gasteiger partial charge in [-0.05, 0) is 33.1 Å². The Hall–Kier alpha value is -0.850. The quantitative estimate of drug-likeness (QED) is 0.418. The number of nitrogens with one attached hydrogen (secondary N) is 1. The van der Waals surface area contributed by atoms with Gasteiger partial charge in [-0.2, -0.15) is 0 Å². The first kappa shape index (κ1) is 19.2. The Labute approximate surface area is 135 Å². The topological polar surface area (TPSA) is 55.3 Å². The first-order valence-corrected chi connectivity index (χ1v) is 8.13. The Morgan fingerprint density at radius 3 is 2.45 bits per heavy atom. The second-order valence-electron chi connectivity index (χ2n) is 6.27. The molecule has 1 rings (SSSR count). The first-order valence-electron chi connectivity index (χ1n) is 8.13. The highest BCUT2D eigenvalue weighted by Gasteiger charge is 2.23. The number of guanidine groups is 1. The van der Waals surface area contributed by atoms with Gasteiger partial charge in [0.25, 0.3) is 0 Å². The minimum Gasteiger partial charge on any atom is -0.385 e. The van der Waals surface area contributed by atoms with E-state index in [4.69, 9.17) is 14.2 Å². The third-order valence-corrected chi connectivity index (χ3v) is 4.02. The number of likely N-dealkylation sites (tertiary alicyclic amines) is 1. The van der Waals surface area contributed by atoms with E-state index in [9.17, 15) is 0 Å². The number of hydrogen-bond acceptors (Lipinski definition) is 4. The highest BCUT2D eigenvalue weighted by molar-refractivity contribution is 5.80. The van der Waals surface area contributed by atoms with Crippen LogP contribution in [0.3, 0.4) is 0 Å². The van der Waals surface area contributed by atoms with Crippen LogP contribution in [0.5, 0.6) is 0 Å². The summed E-state index contributed by atoms with van der Waals surface area (Å²) in [5.74, 6) is 0.947. The van der Waals surface area contributed by atoms with E-state index < -0.39 is 0 Å². The van der Waals surface area contributed by atoms with E-state index in [1.165, 1.54) is 0 Å². The van der Waals surface area contributed by atoms with Crippen molar-refractivity contribution in [3.05, 3.63) is 0 Å². The molecule has 130 valence electrons. The number of methoxy groups -OCH3 is 2. The molecule has 0 bridgehead atoms. The fourth-order valence-electron chi connectivity index (χ4n) is 2.38. The number of rotatable bonds is 8. The van der Waals surface area contributed by atoms with Crippen molar-refractivity contribution in [3.8, 4) is 0 Å². The van der Waals surface area contributed by atoms with Crippen molar-refractivity contribution in [2.24, 2.45) is 4.99 Å². The van der Waals surface area contributed by atoms with Crippen molar-refractivity contribution in [2.75, 3.05) is 54.1 Å². The molecule has 0 aliphatic carbocycles. The van der Waals surface area contributed by atoms with Crippen molar-refractivity contribution in [2.45, 2.75) is 44.8 Å². The first-order chi connectivity index (χ1) is 10.5. The van der Waals surface area contributed by atoms with Gasteiger partial charge >= 0.3 is 0 Å².